The number of alkyl halides is 2. The zero-order valence-electron chi connectivity index (χ0n) is 7.81. The van der Waals surface area contributed by atoms with Crippen LogP contribution in [0.15, 0.2) is 18.2 Å². The molecule has 2 nitrogen and oxygen atoms in total. The lowest BCUT2D eigenvalue weighted by molar-refractivity contribution is -0.142. The molecule has 1 unspecified atom stereocenters. The van der Waals surface area contributed by atoms with Gasteiger partial charge in [0.2, 0.25) is 0 Å². The Labute approximate surface area is 93.6 Å². The molecule has 0 amide bonds. The number of hydrogen-bond acceptors (Lipinski definition) is 1. The van der Waals surface area contributed by atoms with E-state index in [2.05, 4.69) is 0 Å². The minimum atomic E-state index is -3.33. The predicted octanol–water partition coefficient (Wildman–Crippen LogP) is 2.84. The molecule has 1 aromatic carbocycles. The molecule has 1 aliphatic carbocycles. The van der Waals surface area contributed by atoms with Crippen molar-refractivity contribution in [1.82, 2.24) is 0 Å². The second-order valence-corrected chi connectivity index (χ2v) is 4.12. The quantitative estimate of drug-likeness (QED) is 0.876. The van der Waals surface area contributed by atoms with E-state index in [4.69, 9.17) is 16.7 Å². The molecule has 1 fully saturated rings. The summed E-state index contributed by atoms with van der Waals surface area (Å²) in [6, 6.07) is 2.74. The van der Waals surface area contributed by atoms with Gasteiger partial charge in [-0.2, -0.15) is 0 Å². The zero-order valence-corrected chi connectivity index (χ0v) is 8.56. The number of carbonyl (C=O) groups is 1. The van der Waals surface area contributed by atoms with E-state index in [1.165, 1.54) is 0 Å². The summed E-state index contributed by atoms with van der Waals surface area (Å²) in [5.74, 6) is -5.68. The number of hydrogen-bond donors (Lipinski definition) is 1. The van der Waals surface area contributed by atoms with Gasteiger partial charge in [0.05, 0.1) is 0 Å². The van der Waals surface area contributed by atoms with Gasteiger partial charge in [-0.15, -0.1) is 0 Å². The second kappa shape index (κ2) is 3.13. The molecule has 0 radical (unpaired) electrons. The van der Waals surface area contributed by atoms with Crippen LogP contribution in [0.25, 0.3) is 0 Å². The van der Waals surface area contributed by atoms with Crippen molar-refractivity contribution in [3.05, 3.63) is 34.6 Å². The van der Waals surface area contributed by atoms with E-state index >= 15 is 0 Å². The first kappa shape index (κ1) is 11.3. The first-order valence-electron chi connectivity index (χ1n) is 4.38. The Morgan fingerprint density at radius 2 is 2.00 bits per heavy atom. The van der Waals surface area contributed by atoms with Crippen molar-refractivity contribution in [3.8, 4) is 0 Å². The van der Waals surface area contributed by atoms with E-state index in [9.17, 15) is 18.0 Å². The molecule has 0 heterocycles. The second-order valence-electron chi connectivity index (χ2n) is 3.72. The molecule has 1 aromatic rings. The van der Waals surface area contributed by atoms with Crippen LogP contribution in [0.5, 0.6) is 0 Å². The Kier molecular flexibility index (Phi) is 2.21. The summed E-state index contributed by atoms with van der Waals surface area (Å²) in [7, 11) is 0. The van der Waals surface area contributed by atoms with Crippen LogP contribution in [0.3, 0.4) is 0 Å². The maximum Gasteiger partial charge on any atom is 0.320 e. The van der Waals surface area contributed by atoms with Crippen molar-refractivity contribution >= 4 is 17.6 Å². The smallest absolute Gasteiger partial charge is 0.320 e. The summed E-state index contributed by atoms with van der Waals surface area (Å²) in [5.41, 5.74) is -2.54. The maximum absolute atomic E-state index is 13.1. The number of benzene rings is 1. The van der Waals surface area contributed by atoms with Gasteiger partial charge in [-0.25, -0.2) is 13.2 Å². The molecule has 0 aliphatic heterocycles. The molecule has 0 spiro atoms. The summed E-state index contributed by atoms with van der Waals surface area (Å²) in [4.78, 5) is 10.9. The fourth-order valence-electron chi connectivity index (χ4n) is 1.76. The molecular formula is C10H6ClF3O2. The van der Waals surface area contributed by atoms with Crippen LogP contribution < -0.4 is 0 Å². The molecule has 16 heavy (non-hydrogen) atoms. The molecule has 2 rings (SSSR count). The van der Waals surface area contributed by atoms with Crippen molar-refractivity contribution in [2.45, 2.75) is 17.8 Å². The highest BCUT2D eigenvalue weighted by atomic mass is 35.5. The first-order chi connectivity index (χ1) is 7.31. The monoisotopic (exact) mass is 250 g/mol. The van der Waals surface area contributed by atoms with Gasteiger partial charge in [0.1, 0.15) is 5.82 Å². The molecule has 0 saturated heterocycles. The third-order valence-electron chi connectivity index (χ3n) is 2.74. The van der Waals surface area contributed by atoms with Crippen LogP contribution in [0.4, 0.5) is 13.2 Å². The van der Waals surface area contributed by atoms with Gasteiger partial charge < -0.3 is 5.11 Å². The van der Waals surface area contributed by atoms with Gasteiger partial charge in [0.15, 0.2) is 5.41 Å². The van der Waals surface area contributed by atoms with Crippen molar-refractivity contribution in [3.63, 3.8) is 0 Å². The SMILES string of the molecule is O=C(O)C1(c2ccc(F)cc2Cl)CC1(F)F. The van der Waals surface area contributed by atoms with Gasteiger partial charge in [-0.05, 0) is 17.7 Å². The normalized spacial score (nSPS) is 26.5. The van der Waals surface area contributed by atoms with E-state index in [0.717, 1.165) is 18.2 Å². The summed E-state index contributed by atoms with van der Waals surface area (Å²) >= 11 is 5.59. The largest absolute Gasteiger partial charge is 0.480 e. The molecule has 86 valence electrons. The Morgan fingerprint density at radius 3 is 2.38 bits per heavy atom. The van der Waals surface area contributed by atoms with Crippen LogP contribution in [0.1, 0.15) is 12.0 Å². The number of halogens is 4. The predicted molar refractivity (Wildman–Crippen MR) is 50.3 cm³/mol. The van der Waals surface area contributed by atoms with Gasteiger partial charge in [0, 0.05) is 11.4 Å². The third kappa shape index (κ3) is 1.31. The van der Waals surface area contributed by atoms with Gasteiger partial charge in [-0.3, -0.25) is 4.79 Å². The molecule has 6 heteroatoms. The van der Waals surface area contributed by atoms with Crippen LogP contribution in [-0.2, 0) is 10.2 Å². The number of carboxylic acids is 1. The molecule has 1 aliphatic rings. The number of carboxylic acid groups (broad SMARTS) is 1. The lowest BCUT2D eigenvalue weighted by atomic mass is 9.95. The van der Waals surface area contributed by atoms with Crippen molar-refractivity contribution in [2.24, 2.45) is 0 Å². The lowest BCUT2D eigenvalue weighted by Crippen LogP contribution is -2.27. The third-order valence-corrected chi connectivity index (χ3v) is 3.06. The van der Waals surface area contributed by atoms with Crippen LogP contribution >= 0.6 is 11.6 Å². The molecule has 0 bridgehead atoms. The summed E-state index contributed by atoms with van der Waals surface area (Å²) in [5, 5.41) is 8.56. The Bertz CT molecular complexity index is 475. The molecular weight excluding hydrogens is 245 g/mol. The van der Waals surface area contributed by atoms with E-state index in [0.29, 0.717) is 0 Å². The highest BCUT2D eigenvalue weighted by Gasteiger charge is 2.77. The highest BCUT2D eigenvalue weighted by molar-refractivity contribution is 6.32. The Hall–Kier alpha value is -1.23. The molecule has 1 saturated carbocycles. The van der Waals surface area contributed by atoms with Crippen molar-refractivity contribution < 1.29 is 23.1 Å². The van der Waals surface area contributed by atoms with Gasteiger partial charge in [-0.1, -0.05) is 17.7 Å². The van der Waals surface area contributed by atoms with Crippen LogP contribution in [0, 0.1) is 5.82 Å². The molecule has 1 atom stereocenters. The van der Waals surface area contributed by atoms with Gasteiger partial charge >= 0.3 is 5.97 Å². The first-order valence-corrected chi connectivity index (χ1v) is 4.76. The zero-order chi connectivity index (χ0) is 12.1. The van der Waals surface area contributed by atoms with E-state index in [1.807, 2.05) is 0 Å². The van der Waals surface area contributed by atoms with E-state index < -0.39 is 29.5 Å². The fourth-order valence-corrected chi connectivity index (χ4v) is 2.09. The fraction of sp³-hybridized carbons (Fsp3) is 0.300. The minimum Gasteiger partial charge on any atom is -0.480 e. The van der Waals surface area contributed by atoms with E-state index in [-0.39, 0.29) is 10.6 Å². The minimum absolute atomic E-state index is 0.243. The summed E-state index contributed by atoms with van der Waals surface area (Å²) < 4.78 is 39.0. The lowest BCUT2D eigenvalue weighted by Gasteiger charge is -2.13. The number of rotatable bonds is 2. The maximum atomic E-state index is 13.1. The van der Waals surface area contributed by atoms with Crippen LogP contribution in [-0.4, -0.2) is 17.0 Å². The number of aliphatic carboxylic acids is 1. The van der Waals surface area contributed by atoms with Crippen molar-refractivity contribution in [1.29, 1.82) is 0 Å². The summed E-state index contributed by atoms with van der Waals surface area (Å²) in [6.07, 6.45) is -0.805. The van der Waals surface area contributed by atoms with Crippen molar-refractivity contribution in [2.75, 3.05) is 0 Å². The summed E-state index contributed by atoms with van der Waals surface area (Å²) in [6.45, 7) is 0. The standard InChI is InChI=1S/C10H6ClF3O2/c11-7-3-5(12)1-2-6(7)9(8(15)16)4-10(9,13)14/h1-3H,4H2,(H,15,16). The topological polar surface area (TPSA) is 37.3 Å². The van der Waals surface area contributed by atoms with E-state index in [1.54, 1.807) is 0 Å². The Balaban J connectivity index is 2.56. The molecule has 1 N–H and O–H groups in total. The average Bonchev–Trinajstić information content (AvgIpc) is 2.70. The van der Waals surface area contributed by atoms with Gasteiger partial charge in [0.25, 0.3) is 5.92 Å². The van der Waals surface area contributed by atoms with Crippen LogP contribution in [0.2, 0.25) is 5.02 Å². The average molecular weight is 251 g/mol. The Morgan fingerprint density at radius 1 is 1.44 bits per heavy atom. The highest BCUT2D eigenvalue weighted by Crippen LogP contribution is 2.62. The molecule has 0 aromatic heterocycles.